The fraction of sp³-hybridized carbons (Fsp3) is 0.440. The minimum atomic E-state index is -3.81. The topological polar surface area (TPSA) is 105 Å². The van der Waals surface area contributed by atoms with Crippen molar-refractivity contribution in [1.82, 2.24) is 10.2 Å². The molecule has 190 valence electrons. The van der Waals surface area contributed by atoms with E-state index in [0.717, 1.165) is 16.1 Å². The molecule has 9 nitrogen and oxygen atoms in total. The molecule has 1 aliphatic heterocycles. The van der Waals surface area contributed by atoms with Gasteiger partial charge < -0.3 is 19.7 Å². The minimum Gasteiger partial charge on any atom is -0.454 e. The molecule has 35 heavy (non-hydrogen) atoms. The van der Waals surface area contributed by atoms with Crippen molar-refractivity contribution in [3.63, 3.8) is 0 Å². The van der Waals surface area contributed by atoms with E-state index in [-0.39, 0.29) is 30.9 Å². The van der Waals surface area contributed by atoms with Crippen LogP contribution in [0.5, 0.6) is 11.5 Å². The second-order valence-corrected chi connectivity index (χ2v) is 10.9. The van der Waals surface area contributed by atoms with Crippen LogP contribution in [-0.4, -0.2) is 63.9 Å². The highest BCUT2D eigenvalue weighted by atomic mass is 32.2. The van der Waals surface area contributed by atoms with E-state index in [1.54, 1.807) is 19.1 Å². The fourth-order valence-electron chi connectivity index (χ4n) is 3.68. The number of ether oxygens (including phenoxy) is 2. The zero-order valence-electron chi connectivity index (χ0n) is 20.6. The number of benzene rings is 2. The highest BCUT2D eigenvalue weighted by Crippen LogP contribution is 2.36. The van der Waals surface area contributed by atoms with Gasteiger partial charge in [0.15, 0.2) is 11.5 Å². The van der Waals surface area contributed by atoms with Crippen LogP contribution in [-0.2, 0) is 26.0 Å². The normalized spacial score (nSPS) is 13.4. The standard InChI is InChI=1S/C25H33N3O6S/c1-18(2)15-26-25(30)19(3)27(13-12-20-8-6-5-7-9-20)24(29)16-28(35(4,31)32)21-10-11-22-23(14-21)34-17-33-22/h5-11,14,18-19H,12-13,15-17H2,1-4H3,(H,26,30)/t19-/m1/s1. The van der Waals surface area contributed by atoms with Crippen molar-refractivity contribution >= 4 is 27.5 Å². The number of anilines is 1. The zero-order valence-corrected chi connectivity index (χ0v) is 21.4. The summed E-state index contributed by atoms with van der Waals surface area (Å²) in [6.45, 7) is 5.97. The van der Waals surface area contributed by atoms with Crippen LogP contribution in [0.25, 0.3) is 0 Å². The molecule has 0 radical (unpaired) electrons. The van der Waals surface area contributed by atoms with E-state index in [1.165, 1.54) is 11.0 Å². The van der Waals surface area contributed by atoms with Crippen LogP contribution in [0, 0.1) is 5.92 Å². The number of nitrogens with zero attached hydrogens (tertiary/aromatic N) is 2. The van der Waals surface area contributed by atoms with Crippen LogP contribution in [0.4, 0.5) is 5.69 Å². The Morgan fingerprint density at radius 1 is 1.03 bits per heavy atom. The molecule has 0 unspecified atom stereocenters. The van der Waals surface area contributed by atoms with Gasteiger partial charge in [-0.15, -0.1) is 0 Å². The molecule has 1 heterocycles. The van der Waals surface area contributed by atoms with E-state index in [1.807, 2.05) is 44.2 Å². The summed E-state index contributed by atoms with van der Waals surface area (Å²) in [7, 11) is -3.81. The van der Waals surface area contributed by atoms with Crippen LogP contribution < -0.4 is 19.1 Å². The molecule has 0 fully saturated rings. The van der Waals surface area contributed by atoms with Gasteiger partial charge in [-0.25, -0.2) is 8.42 Å². The summed E-state index contributed by atoms with van der Waals surface area (Å²) in [6, 6.07) is 13.5. The monoisotopic (exact) mass is 503 g/mol. The highest BCUT2D eigenvalue weighted by Gasteiger charge is 2.30. The number of carbonyl (C=O) groups excluding carboxylic acids is 2. The number of amides is 2. The predicted octanol–water partition coefficient (Wildman–Crippen LogP) is 2.41. The molecule has 0 aromatic heterocycles. The van der Waals surface area contributed by atoms with Crippen molar-refractivity contribution in [2.24, 2.45) is 5.92 Å². The smallest absolute Gasteiger partial charge is 0.244 e. The van der Waals surface area contributed by atoms with Gasteiger partial charge in [-0.2, -0.15) is 0 Å². The van der Waals surface area contributed by atoms with E-state index in [9.17, 15) is 18.0 Å². The van der Waals surface area contributed by atoms with Crippen LogP contribution in [0.15, 0.2) is 48.5 Å². The van der Waals surface area contributed by atoms with Crippen LogP contribution in [0.1, 0.15) is 26.3 Å². The third kappa shape index (κ3) is 7.11. The Kier molecular flexibility index (Phi) is 8.61. The van der Waals surface area contributed by atoms with Gasteiger partial charge in [-0.05, 0) is 37.0 Å². The Morgan fingerprint density at radius 2 is 1.71 bits per heavy atom. The SMILES string of the molecule is CC(C)CNC(=O)[C@@H](C)N(CCc1ccccc1)C(=O)CN(c1ccc2c(c1)OCO2)S(C)(=O)=O. The Labute approximate surface area is 207 Å². The first kappa shape index (κ1) is 26.3. The van der Waals surface area contributed by atoms with E-state index in [0.29, 0.717) is 24.5 Å². The van der Waals surface area contributed by atoms with Gasteiger partial charge in [0.2, 0.25) is 28.6 Å². The molecular weight excluding hydrogens is 470 g/mol. The maximum Gasteiger partial charge on any atom is 0.244 e. The average molecular weight is 504 g/mol. The van der Waals surface area contributed by atoms with Crippen LogP contribution in [0.3, 0.4) is 0 Å². The maximum atomic E-state index is 13.5. The summed E-state index contributed by atoms with van der Waals surface area (Å²) in [5, 5.41) is 2.86. The van der Waals surface area contributed by atoms with E-state index in [2.05, 4.69) is 5.32 Å². The molecule has 1 aliphatic rings. The molecule has 2 aromatic rings. The molecule has 0 saturated carbocycles. The molecule has 1 atom stereocenters. The molecule has 10 heteroatoms. The number of hydrogen-bond donors (Lipinski definition) is 1. The molecule has 0 saturated heterocycles. The van der Waals surface area contributed by atoms with Gasteiger partial charge in [0, 0.05) is 19.2 Å². The summed E-state index contributed by atoms with van der Waals surface area (Å²) >= 11 is 0. The second-order valence-electron chi connectivity index (χ2n) is 8.94. The minimum absolute atomic E-state index is 0.0485. The number of rotatable bonds is 11. The van der Waals surface area contributed by atoms with E-state index < -0.39 is 28.5 Å². The van der Waals surface area contributed by atoms with E-state index in [4.69, 9.17) is 9.47 Å². The van der Waals surface area contributed by atoms with Crippen LogP contribution >= 0.6 is 0 Å². The van der Waals surface area contributed by atoms with Gasteiger partial charge in [-0.1, -0.05) is 44.2 Å². The molecule has 0 aliphatic carbocycles. The molecule has 2 aromatic carbocycles. The zero-order chi connectivity index (χ0) is 25.6. The molecule has 0 bridgehead atoms. The number of fused-ring (bicyclic) bond motifs is 1. The largest absolute Gasteiger partial charge is 0.454 e. The lowest BCUT2D eigenvalue weighted by Gasteiger charge is -2.31. The average Bonchev–Trinajstić information content (AvgIpc) is 3.28. The van der Waals surface area contributed by atoms with Gasteiger partial charge in [0.05, 0.1) is 11.9 Å². The second kappa shape index (κ2) is 11.4. The molecule has 0 spiro atoms. The van der Waals surface area contributed by atoms with Crippen molar-refractivity contribution < 1.29 is 27.5 Å². The Hall–Kier alpha value is -3.27. The fourth-order valence-corrected chi connectivity index (χ4v) is 4.52. The Balaban J connectivity index is 1.83. The van der Waals surface area contributed by atoms with Gasteiger partial charge in [0.25, 0.3) is 0 Å². The summed E-state index contributed by atoms with van der Waals surface area (Å²) in [4.78, 5) is 27.8. The van der Waals surface area contributed by atoms with Crippen molar-refractivity contribution in [2.75, 3.05) is 37.0 Å². The highest BCUT2D eigenvalue weighted by molar-refractivity contribution is 7.92. The molecule has 3 rings (SSSR count). The predicted molar refractivity (Wildman–Crippen MR) is 134 cm³/mol. The van der Waals surface area contributed by atoms with Crippen molar-refractivity contribution in [2.45, 2.75) is 33.2 Å². The first-order valence-corrected chi connectivity index (χ1v) is 13.4. The first-order chi connectivity index (χ1) is 16.6. The van der Waals surface area contributed by atoms with Gasteiger partial charge in [0.1, 0.15) is 12.6 Å². The molecule has 1 N–H and O–H groups in total. The number of sulfonamides is 1. The molecule has 2 amide bonds. The maximum absolute atomic E-state index is 13.5. The number of nitrogens with one attached hydrogen (secondary N) is 1. The summed E-state index contributed by atoms with van der Waals surface area (Å²) in [5.74, 6) is 0.413. The lowest BCUT2D eigenvalue weighted by atomic mass is 10.1. The molecular formula is C25H33N3O6S. The third-order valence-electron chi connectivity index (χ3n) is 5.66. The lowest BCUT2D eigenvalue weighted by Crippen LogP contribution is -2.52. The summed E-state index contributed by atoms with van der Waals surface area (Å²) in [6.07, 6.45) is 1.56. The van der Waals surface area contributed by atoms with Crippen molar-refractivity contribution in [3.05, 3.63) is 54.1 Å². The lowest BCUT2D eigenvalue weighted by molar-refractivity contribution is -0.138. The number of carbonyl (C=O) groups is 2. The quantitative estimate of drug-likeness (QED) is 0.505. The van der Waals surface area contributed by atoms with Gasteiger partial charge in [-0.3, -0.25) is 13.9 Å². The Bertz CT molecular complexity index is 1140. The first-order valence-electron chi connectivity index (χ1n) is 11.5. The van der Waals surface area contributed by atoms with E-state index >= 15 is 0 Å². The van der Waals surface area contributed by atoms with Crippen molar-refractivity contribution in [3.8, 4) is 11.5 Å². The number of hydrogen-bond acceptors (Lipinski definition) is 6. The third-order valence-corrected chi connectivity index (χ3v) is 6.80. The van der Waals surface area contributed by atoms with Crippen molar-refractivity contribution in [1.29, 1.82) is 0 Å². The summed E-state index contributed by atoms with van der Waals surface area (Å²) < 4.78 is 37.0. The van der Waals surface area contributed by atoms with Crippen LogP contribution in [0.2, 0.25) is 0 Å². The van der Waals surface area contributed by atoms with Gasteiger partial charge >= 0.3 is 0 Å². The Morgan fingerprint density at radius 3 is 2.37 bits per heavy atom. The summed E-state index contributed by atoms with van der Waals surface area (Å²) in [5.41, 5.74) is 1.29.